The predicted molar refractivity (Wildman–Crippen MR) is 74.8 cm³/mol. The minimum atomic E-state index is -0.929. The number of aliphatic hydroxyl groups excluding tert-OH is 1. The van der Waals surface area contributed by atoms with Crippen LogP contribution in [0.25, 0.3) is 0 Å². The van der Waals surface area contributed by atoms with Crippen molar-refractivity contribution >= 4 is 11.7 Å². The maximum absolute atomic E-state index is 11.1. The van der Waals surface area contributed by atoms with E-state index in [-0.39, 0.29) is 6.61 Å². The highest BCUT2D eigenvalue weighted by atomic mass is 16.4. The summed E-state index contributed by atoms with van der Waals surface area (Å²) in [4.78, 5) is 11.1. The van der Waals surface area contributed by atoms with Crippen LogP contribution in [0.2, 0.25) is 0 Å². The Labute approximate surface area is 116 Å². The van der Waals surface area contributed by atoms with Crippen LogP contribution in [-0.2, 0) is 13.1 Å². The molecular formula is C14H17N3O3. The van der Waals surface area contributed by atoms with Gasteiger partial charge in [0.1, 0.15) is 0 Å². The molecule has 6 heteroatoms. The fourth-order valence-electron chi connectivity index (χ4n) is 1.98. The lowest BCUT2D eigenvalue weighted by Crippen LogP contribution is -2.05. The number of carboxylic acid groups (broad SMARTS) is 1. The first-order valence-electron chi connectivity index (χ1n) is 6.31. The summed E-state index contributed by atoms with van der Waals surface area (Å²) >= 11 is 0. The quantitative estimate of drug-likeness (QED) is 0.743. The van der Waals surface area contributed by atoms with E-state index in [0.29, 0.717) is 24.2 Å². The molecule has 0 aliphatic rings. The molecule has 3 N–H and O–H groups in total. The van der Waals surface area contributed by atoms with Gasteiger partial charge in [0.15, 0.2) is 0 Å². The third-order valence-corrected chi connectivity index (χ3v) is 3.06. The van der Waals surface area contributed by atoms with Gasteiger partial charge in [-0.15, -0.1) is 0 Å². The Balaban J connectivity index is 2.06. The first kappa shape index (κ1) is 14.1. The topological polar surface area (TPSA) is 87.4 Å². The molecule has 2 aromatic rings. The van der Waals surface area contributed by atoms with Crippen molar-refractivity contribution < 1.29 is 15.0 Å². The second kappa shape index (κ2) is 6.21. The summed E-state index contributed by atoms with van der Waals surface area (Å²) < 4.78 is 1.66. The Bertz CT molecular complexity index is 607. The molecule has 0 unspecified atom stereocenters. The molecule has 1 heterocycles. The second-order valence-electron chi connectivity index (χ2n) is 4.47. The van der Waals surface area contributed by atoms with Gasteiger partial charge in [0, 0.05) is 24.0 Å². The van der Waals surface area contributed by atoms with Crippen LogP contribution in [0.1, 0.15) is 21.5 Å². The van der Waals surface area contributed by atoms with Gasteiger partial charge in [-0.25, -0.2) is 4.79 Å². The zero-order valence-corrected chi connectivity index (χ0v) is 11.2. The predicted octanol–water partition coefficient (Wildman–Crippen LogP) is 1.49. The van der Waals surface area contributed by atoms with E-state index >= 15 is 0 Å². The van der Waals surface area contributed by atoms with Crippen molar-refractivity contribution in [1.29, 1.82) is 0 Å². The molecule has 1 aromatic carbocycles. The molecule has 0 fully saturated rings. The number of nitrogens with one attached hydrogen (secondary N) is 1. The van der Waals surface area contributed by atoms with Crippen molar-refractivity contribution in [2.45, 2.75) is 20.0 Å². The van der Waals surface area contributed by atoms with Crippen molar-refractivity contribution in [3.63, 3.8) is 0 Å². The number of carboxylic acids is 1. The second-order valence-corrected chi connectivity index (χ2v) is 4.47. The van der Waals surface area contributed by atoms with E-state index < -0.39 is 5.97 Å². The molecule has 106 valence electrons. The fourth-order valence-corrected chi connectivity index (χ4v) is 1.98. The van der Waals surface area contributed by atoms with Gasteiger partial charge in [-0.05, 0) is 24.6 Å². The maximum atomic E-state index is 11.1. The Morgan fingerprint density at radius 1 is 1.45 bits per heavy atom. The summed E-state index contributed by atoms with van der Waals surface area (Å²) in [5.41, 5.74) is 2.77. The van der Waals surface area contributed by atoms with Gasteiger partial charge >= 0.3 is 5.97 Å². The number of hydrogen-bond donors (Lipinski definition) is 3. The number of aliphatic hydroxyl groups is 1. The molecule has 0 spiro atoms. The Morgan fingerprint density at radius 2 is 2.25 bits per heavy atom. The van der Waals surface area contributed by atoms with Crippen molar-refractivity contribution in [1.82, 2.24) is 9.78 Å². The monoisotopic (exact) mass is 275 g/mol. The van der Waals surface area contributed by atoms with Crippen molar-refractivity contribution in [3.8, 4) is 0 Å². The summed E-state index contributed by atoms with van der Waals surface area (Å²) in [6.45, 7) is 2.85. The lowest BCUT2D eigenvalue weighted by Gasteiger charge is -2.10. The van der Waals surface area contributed by atoms with Crippen molar-refractivity contribution in [2.24, 2.45) is 0 Å². The van der Waals surface area contributed by atoms with Gasteiger partial charge in [-0.1, -0.05) is 6.07 Å². The third kappa shape index (κ3) is 3.16. The lowest BCUT2D eigenvalue weighted by molar-refractivity contribution is 0.0696. The smallest absolute Gasteiger partial charge is 0.336 e. The Hall–Kier alpha value is -2.34. The molecule has 2 rings (SSSR count). The van der Waals surface area contributed by atoms with Gasteiger partial charge in [0.05, 0.1) is 24.9 Å². The van der Waals surface area contributed by atoms with Gasteiger partial charge in [-0.2, -0.15) is 5.10 Å². The summed E-state index contributed by atoms with van der Waals surface area (Å²) in [6.07, 6.45) is 3.57. The van der Waals surface area contributed by atoms with Gasteiger partial charge < -0.3 is 15.5 Å². The third-order valence-electron chi connectivity index (χ3n) is 3.06. The SMILES string of the molecule is Cc1c(NCc2cnn(CCO)c2)cccc1C(=O)O. The lowest BCUT2D eigenvalue weighted by atomic mass is 10.1. The number of nitrogens with zero attached hydrogens (tertiary/aromatic N) is 2. The molecule has 0 aliphatic carbocycles. The van der Waals surface area contributed by atoms with E-state index in [1.54, 1.807) is 29.9 Å². The van der Waals surface area contributed by atoms with Crippen molar-refractivity contribution in [3.05, 3.63) is 47.3 Å². The molecule has 20 heavy (non-hydrogen) atoms. The van der Waals surface area contributed by atoms with E-state index in [1.807, 2.05) is 12.3 Å². The molecule has 0 saturated carbocycles. The standard InChI is InChI=1S/C14H17N3O3/c1-10-12(14(19)20)3-2-4-13(10)15-7-11-8-16-17(9-11)5-6-18/h2-4,8-9,15,18H,5-7H2,1H3,(H,19,20). The van der Waals surface area contributed by atoms with Crippen LogP contribution in [0, 0.1) is 6.92 Å². The number of carbonyl (C=O) groups is 1. The van der Waals surface area contributed by atoms with Gasteiger partial charge in [-0.3, -0.25) is 4.68 Å². The van der Waals surface area contributed by atoms with Crippen LogP contribution in [0.15, 0.2) is 30.6 Å². The number of benzene rings is 1. The maximum Gasteiger partial charge on any atom is 0.336 e. The summed E-state index contributed by atoms with van der Waals surface area (Å²) in [5, 5.41) is 25.2. The minimum Gasteiger partial charge on any atom is -0.478 e. The van der Waals surface area contributed by atoms with E-state index in [1.165, 1.54) is 0 Å². The van der Waals surface area contributed by atoms with Crippen LogP contribution >= 0.6 is 0 Å². The zero-order chi connectivity index (χ0) is 14.5. The van der Waals surface area contributed by atoms with E-state index in [2.05, 4.69) is 10.4 Å². The molecule has 0 aliphatic heterocycles. The molecule has 0 atom stereocenters. The van der Waals surface area contributed by atoms with E-state index in [4.69, 9.17) is 10.2 Å². The van der Waals surface area contributed by atoms with E-state index in [9.17, 15) is 4.79 Å². The van der Waals surface area contributed by atoms with Crippen LogP contribution in [0.3, 0.4) is 0 Å². The average molecular weight is 275 g/mol. The summed E-state index contributed by atoms with van der Waals surface area (Å²) in [7, 11) is 0. The highest BCUT2D eigenvalue weighted by molar-refractivity contribution is 5.91. The molecular weight excluding hydrogens is 258 g/mol. The largest absolute Gasteiger partial charge is 0.478 e. The minimum absolute atomic E-state index is 0.0499. The Morgan fingerprint density at radius 3 is 2.95 bits per heavy atom. The molecule has 0 radical (unpaired) electrons. The Kier molecular flexibility index (Phi) is 4.37. The number of anilines is 1. The number of rotatable bonds is 6. The zero-order valence-electron chi connectivity index (χ0n) is 11.2. The van der Waals surface area contributed by atoms with Crippen LogP contribution in [0.5, 0.6) is 0 Å². The van der Waals surface area contributed by atoms with E-state index in [0.717, 1.165) is 11.3 Å². The van der Waals surface area contributed by atoms with Crippen LogP contribution in [0.4, 0.5) is 5.69 Å². The molecule has 0 bridgehead atoms. The molecule has 0 amide bonds. The number of aromatic carboxylic acids is 1. The molecule has 6 nitrogen and oxygen atoms in total. The van der Waals surface area contributed by atoms with Crippen LogP contribution < -0.4 is 5.32 Å². The van der Waals surface area contributed by atoms with Gasteiger partial charge in [0.25, 0.3) is 0 Å². The first-order valence-corrected chi connectivity index (χ1v) is 6.31. The highest BCUT2D eigenvalue weighted by Crippen LogP contribution is 2.19. The highest BCUT2D eigenvalue weighted by Gasteiger charge is 2.09. The van der Waals surface area contributed by atoms with Crippen LogP contribution in [-0.4, -0.2) is 32.6 Å². The normalized spacial score (nSPS) is 10.5. The summed E-state index contributed by atoms with van der Waals surface area (Å²) in [6, 6.07) is 5.15. The molecule has 1 aromatic heterocycles. The van der Waals surface area contributed by atoms with Crippen molar-refractivity contribution in [2.75, 3.05) is 11.9 Å². The molecule has 0 saturated heterocycles. The van der Waals surface area contributed by atoms with Gasteiger partial charge in [0.2, 0.25) is 0 Å². The first-order chi connectivity index (χ1) is 9.61. The number of hydrogen-bond acceptors (Lipinski definition) is 4. The summed E-state index contributed by atoms with van der Waals surface area (Å²) in [5.74, 6) is -0.929. The fraction of sp³-hybridized carbons (Fsp3) is 0.286. The number of aromatic nitrogens is 2. The average Bonchev–Trinajstić information content (AvgIpc) is 2.85.